The topological polar surface area (TPSA) is 68.3 Å². The summed E-state index contributed by atoms with van der Waals surface area (Å²) in [6.07, 6.45) is 4.86. The van der Waals surface area contributed by atoms with Gasteiger partial charge in [-0.05, 0) is 25.0 Å². The second-order valence-electron chi connectivity index (χ2n) is 4.73. The van der Waals surface area contributed by atoms with E-state index in [4.69, 9.17) is 4.74 Å². The van der Waals surface area contributed by atoms with Crippen LogP contribution >= 0.6 is 0 Å². The van der Waals surface area contributed by atoms with E-state index >= 15 is 0 Å². The van der Waals surface area contributed by atoms with E-state index in [0.29, 0.717) is 5.69 Å². The van der Waals surface area contributed by atoms with Crippen LogP contribution in [0.4, 0.5) is 0 Å². The van der Waals surface area contributed by atoms with Crippen molar-refractivity contribution in [3.8, 4) is 0 Å². The largest absolute Gasteiger partial charge is 0.446 e. The van der Waals surface area contributed by atoms with Crippen molar-refractivity contribution in [3.05, 3.63) is 30.1 Å². The number of nitrogens with one attached hydrogen (secondary N) is 1. The molecule has 102 valence electrons. The molecule has 1 N–H and O–H groups in total. The van der Waals surface area contributed by atoms with Crippen LogP contribution in [0, 0.1) is 0 Å². The fraction of sp³-hybridized carbons (Fsp3) is 0.500. The minimum Gasteiger partial charge on any atom is -0.446 e. The van der Waals surface area contributed by atoms with Gasteiger partial charge in [-0.3, -0.25) is 14.6 Å². The lowest BCUT2D eigenvalue weighted by atomic mass is 10.2. The monoisotopic (exact) mass is 262 g/mol. The molecule has 1 saturated carbocycles. The van der Waals surface area contributed by atoms with Gasteiger partial charge in [-0.1, -0.05) is 18.9 Å². The van der Waals surface area contributed by atoms with Gasteiger partial charge in [-0.2, -0.15) is 0 Å². The van der Waals surface area contributed by atoms with Gasteiger partial charge in [0, 0.05) is 19.2 Å². The molecule has 5 nitrogen and oxygen atoms in total. The van der Waals surface area contributed by atoms with E-state index < -0.39 is 12.1 Å². The van der Waals surface area contributed by atoms with Crippen LogP contribution in [0.5, 0.6) is 0 Å². The zero-order valence-electron chi connectivity index (χ0n) is 11.0. The molecule has 2 rings (SSSR count). The van der Waals surface area contributed by atoms with Crippen molar-refractivity contribution in [2.45, 2.75) is 44.8 Å². The van der Waals surface area contributed by atoms with Crippen LogP contribution in [0.3, 0.4) is 0 Å². The molecule has 1 atom stereocenters. The minimum atomic E-state index is -0.959. The minimum absolute atomic E-state index is 0.189. The Morgan fingerprint density at radius 1 is 1.37 bits per heavy atom. The zero-order chi connectivity index (χ0) is 13.7. The van der Waals surface area contributed by atoms with Crippen LogP contribution in [-0.2, 0) is 14.3 Å². The van der Waals surface area contributed by atoms with E-state index in [9.17, 15) is 9.59 Å². The third-order valence-electron chi connectivity index (χ3n) is 3.18. The molecule has 0 aromatic carbocycles. The fourth-order valence-corrected chi connectivity index (χ4v) is 2.29. The summed E-state index contributed by atoms with van der Waals surface area (Å²) in [6.45, 7) is 1.29. The predicted octanol–water partition coefficient (Wildman–Crippen LogP) is 1.74. The number of hydrogen-bond donors (Lipinski definition) is 1. The van der Waals surface area contributed by atoms with Crippen LogP contribution in [0.25, 0.3) is 0 Å². The summed E-state index contributed by atoms with van der Waals surface area (Å²) in [5.41, 5.74) is 0.452. The van der Waals surface area contributed by atoms with Crippen molar-refractivity contribution < 1.29 is 14.3 Å². The van der Waals surface area contributed by atoms with Crippen LogP contribution in [0.15, 0.2) is 24.4 Å². The number of pyridine rings is 1. The Morgan fingerprint density at radius 2 is 2.11 bits per heavy atom. The van der Waals surface area contributed by atoms with Crippen LogP contribution in [-0.4, -0.2) is 22.9 Å². The van der Waals surface area contributed by atoms with Crippen molar-refractivity contribution in [1.82, 2.24) is 10.3 Å². The maximum Gasteiger partial charge on any atom is 0.303 e. The Kier molecular flexibility index (Phi) is 4.49. The van der Waals surface area contributed by atoms with Gasteiger partial charge in [-0.25, -0.2) is 0 Å². The zero-order valence-corrected chi connectivity index (χ0v) is 11.0. The first-order valence-electron chi connectivity index (χ1n) is 6.55. The van der Waals surface area contributed by atoms with Crippen LogP contribution in [0.1, 0.15) is 44.4 Å². The number of carbonyl (C=O) groups is 2. The quantitative estimate of drug-likeness (QED) is 0.839. The molecule has 1 aliphatic carbocycles. The first kappa shape index (κ1) is 13.5. The van der Waals surface area contributed by atoms with Gasteiger partial charge in [0.25, 0.3) is 5.91 Å². The normalized spacial score (nSPS) is 16.9. The highest BCUT2D eigenvalue weighted by Gasteiger charge is 2.27. The van der Waals surface area contributed by atoms with Gasteiger partial charge in [-0.15, -0.1) is 0 Å². The Balaban J connectivity index is 2.08. The van der Waals surface area contributed by atoms with E-state index in [1.807, 2.05) is 0 Å². The summed E-state index contributed by atoms with van der Waals surface area (Å²) in [5, 5.41) is 2.93. The molecule has 1 amide bonds. The van der Waals surface area contributed by atoms with Gasteiger partial charge in [0.15, 0.2) is 0 Å². The highest BCUT2D eigenvalue weighted by Crippen LogP contribution is 2.20. The summed E-state index contributed by atoms with van der Waals surface area (Å²) in [4.78, 5) is 27.4. The lowest BCUT2D eigenvalue weighted by Gasteiger charge is -2.19. The van der Waals surface area contributed by atoms with Gasteiger partial charge in [0.2, 0.25) is 6.10 Å². The van der Waals surface area contributed by atoms with Crippen molar-refractivity contribution >= 4 is 11.9 Å². The molecule has 0 radical (unpaired) electrons. The number of carbonyl (C=O) groups excluding carboxylic acids is 2. The molecule has 0 spiro atoms. The maximum atomic E-state index is 12.2. The molecule has 19 heavy (non-hydrogen) atoms. The number of ether oxygens (including phenoxy) is 1. The molecular formula is C14H18N2O3. The molecule has 1 aromatic heterocycles. The Hall–Kier alpha value is -1.91. The Labute approximate surface area is 112 Å². The smallest absolute Gasteiger partial charge is 0.303 e. The van der Waals surface area contributed by atoms with Gasteiger partial charge < -0.3 is 10.1 Å². The summed E-state index contributed by atoms with van der Waals surface area (Å²) in [5.74, 6) is -0.780. The average Bonchev–Trinajstić information content (AvgIpc) is 2.89. The number of hydrogen-bond acceptors (Lipinski definition) is 4. The molecule has 1 aromatic rings. The second kappa shape index (κ2) is 6.31. The molecule has 0 aliphatic heterocycles. The lowest BCUT2D eigenvalue weighted by Crippen LogP contribution is -2.38. The van der Waals surface area contributed by atoms with E-state index in [1.54, 1.807) is 24.4 Å². The third kappa shape index (κ3) is 3.77. The van der Waals surface area contributed by atoms with Crippen LogP contribution in [0.2, 0.25) is 0 Å². The molecule has 1 unspecified atom stereocenters. The molecular weight excluding hydrogens is 244 g/mol. The molecule has 0 bridgehead atoms. The average molecular weight is 262 g/mol. The molecule has 5 heteroatoms. The third-order valence-corrected chi connectivity index (χ3v) is 3.18. The van der Waals surface area contributed by atoms with Crippen molar-refractivity contribution in [3.63, 3.8) is 0 Å². The summed E-state index contributed by atoms with van der Waals surface area (Å²) >= 11 is 0. The van der Waals surface area contributed by atoms with Crippen molar-refractivity contribution in [2.24, 2.45) is 0 Å². The first-order valence-corrected chi connectivity index (χ1v) is 6.55. The van der Waals surface area contributed by atoms with Gasteiger partial charge in [0.1, 0.15) is 0 Å². The van der Waals surface area contributed by atoms with Gasteiger partial charge in [0.05, 0.1) is 5.69 Å². The number of aromatic nitrogens is 1. The summed E-state index contributed by atoms with van der Waals surface area (Å²) < 4.78 is 5.10. The Bertz CT molecular complexity index is 441. The first-order chi connectivity index (χ1) is 9.16. The number of amides is 1. The fourth-order valence-electron chi connectivity index (χ4n) is 2.29. The predicted molar refractivity (Wildman–Crippen MR) is 69.1 cm³/mol. The number of nitrogens with zero attached hydrogens (tertiary/aromatic N) is 1. The van der Waals surface area contributed by atoms with E-state index in [-0.39, 0.29) is 11.9 Å². The lowest BCUT2D eigenvalue weighted by molar-refractivity contribution is -0.154. The highest BCUT2D eigenvalue weighted by atomic mass is 16.5. The SMILES string of the molecule is CC(=O)OC(C(=O)NC1CCCC1)c1ccccn1. The number of rotatable bonds is 4. The van der Waals surface area contributed by atoms with Gasteiger partial charge >= 0.3 is 5.97 Å². The molecule has 0 saturated heterocycles. The van der Waals surface area contributed by atoms with E-state index in [2.05, 4.69) is 10.3 Å². The van der Waals surface area contributed by atoms with E-state index in [1.165, 1.54) is 6.92 Å². The molecule has 1 aliphatic rings. The maximum absolute atomic E-state index is 12.2. The van der Waals surface area contributed by atoms with Crippen molar-refractivity contribution in [2.75, 3.05) is 0 Å². The number of esters is 1. The van der Waals surface area contributed by atoms with E-state index in [0.717, 1.165) is 25.7 Å². The highest BCUT2D eigenvalue weighted by molar-refractivity contribution is 5.84. The molecule has 1 heterocycles. The second-order valence-corrected chi connectivity index (χ2v) is 4.73. The van der Waals surface area contributed by atoms with Crippen LogP contribution < -0.4 is 5.32 Å². The summed E-state index contributed by atoms with van der Waals surface area (Å²) in [6, 6.07) is 5.39. The molecule has 1 fully saturated rings. The standard InChI is InChI=1S/C14H18N2O3/c1-10(17)19-13(12-8-4-5-9-15-12)14(18)16-11-6-2-3-7-11/h4-5,8-9,11,13H,2-3,6-7H2,1H3,(H,16,18). The van der Waals surface area contributed by atoms with Crippen molar-refractivity contribution in [1.29, 1.82) is 0 Å². The Morgan fingerprint density at radius 3 is 2.68 bits per heavy atom. The summed E-state index contributed by atoms with van der Waals surface area (Å²) in [7, 11) is 0.